The summed E-state index contributed by atoms with van der Waals surface area (Å²) in [6, 6.07) is 14.5. The molecule has 0 atom stereocenters. The number of hydrazone groups is 1. The van der Waals surface area contributed by atoms with E-state index in [9.17, 15) is 14.4 Å². The molecule has 2 aromatic carbocycles. The van der Waals surface area contributed by atoms with Crippen LogP contribution in [0.25, 0.3) is 0 Å². The predicted molar refractivity (Wildman–Crippen MR) is 144 cm³/mol. The Balaban J connectivity index is 1.31. The molecule has 10 heteroatoms. The average Bonchev–Trinajstić information content (AvgIpc) is 3.27. The van der Waals surface area contributed by atoms with Crippen molar-refractivity contribution >= 4 is 51.9 Å². The first-order chi connectivity index (χ1) is 17.9. The van der Waals surface area contributed by atoms with E-state index in [0.717, 1.165) is 41.7 Å². The smallest absolute Gasteiger partial charge is 0.341 e. The molecule has 192 valence electrons. The number of esters is 1. The van der Waals surface area contributed by atoms with Crippen LogP contribution in [-0.2, 0) is 33.8 Å². The molecule has 0 radical (unpaired) electrons. The Bertz CT molecular complexity index is 1300. The molecular formula is C27H26ClN3O5S. The quantitative estimate of drug-likeness (QED) is 0.179. The van der Waals surface area contributed by atoms with Gasteiger partial charge in [-0.05, 0) is 85.7 Å². The van der Waals surface area contributed by atoms with Gasteiger partial charge in [0.2, 0.25) is 0 Å². The van der Waals surface area contributed by atoms with Crippen LogP contribution < -0.4 is 15.5 Å². The Morgan fingerprint density at radius 2 is 1.76 bits per heavy atom. The van der Waals surface area contributed by atoms with Crippen LogP contribution in [0, 0.1) is 0 Å². The highest BCUT2D eigenvalue weighted by molar-refractivity contribution is 7.17. The van der Waals surface area contributed by atoms with Crippen LogP contribution in [0.4, 0.5) is 5.00 Å². The van der Waals surface area contributed by atoms with Gasteiger partial charge in [-0.1, -0.05) is 23.7 Å². The number of benzene rings is 2. The van der Waals surface area contributed by atoms with Crippen molar-refractivity contribution in [2.45, 2.75) is 39.2 Å². The number of amides is 2. The van der Waals surface area contributed by atoms with E-state index in [1.807, 2.05) is 24.3 Å². The SMILES string of the molecule is CCOC(=O)c1c(NC(=O)C(=O)N/N=C\c2ccc(OCc3ccc(Cl)cc3)cc2)sc2c1CCCC2. The van der Waals surface area contributed by atoms with Crippen LogP contribution in [0.5, 0.6) is 5.75 Å². The Kier molecular flexibility index (Phi) is 8.92. The zero-order valence-corrected chi connectivity index (χ0v) is 21.8. The van der Waals surface area contributed by atoms with Crippen LogP contribution in [0.2, 0.25) is 5.02 Å². The predicted octanol–water partition coefficient (Wildman–Crippen LogP) is 5.12. The summed E-state index contributed by atoms with van der Waals surface area (Å²) < 4.78 is 10.9. The van der Waals surface area contributed by atoms with E-state index in [0.29, 0.717) is 33.5 Å². The summed E-state index contributed by atoms with van der Waals surface area (Å²) in [6.45, 7) is 2.35. The number of carbonyl (C=O) groups is 3. The van der Waals surface area contributed by atoms with Gasteiger partial charge in [-0.15, -0.1) is 11.3 Å². The van der Waals surface area contributed by atoms with E-state index < -0.39 is 17.8 Å². The number of rotatable bonds is 8. The van der Waals surface area contributed by atoms with Crippen molar-refractivity contribution in [3.05, 3.63) is 80.7 Å². The Morgan fingerprint density at radius 3 is 2.49 bits per heavy atom. The van der Waals surface area contributed by atoms with Gasteiger partial charge < -0.3 is 14.8 Å². The van der Waals surface area contributed by atoms with Crippen molar-refractivity contribution in [2.24, 2.45) is 5.10 Å². The first-order valence-corrected chi connectivity index (χ1v) is 13.1. The van der Waals surface area contributed by atoms with Crippen LogP contribution in [0.15, 0.2) is 53.6 Å². The van der Waals surface area contributed by atoms with Gasteiger partial charge in [-0.2, -0.15) is 5.10 Å². The highest BCUT2D eigenvalue weighted by Gasteiger charge is 2.28. The molecule has 3 aromatic rings. The second-order valence-corrected chi connectivity index (χ2v) is 9.81. The molecule has 8 nitrogen and oxygen atoms in total. The third-order valence-electron chi connectivity index (χ3n) is 5.66. The molecule has 4 rings (SSSR count). The fourth-order valence-corrected chi connectivity index (χ4v) is 5.25. The molecular weight excluding hydrogens is 514 g/mol. The van der Waals surface area contributed by atoms with E-state index in [1.54, 1.807) is 31.2 Å². The van der Waals surface area contributed by atoms with Gasteiger partial charge in [0, 0.05) is 9.90 Å². The van der Waals surface area contributed by atoms with Crippen molar-refractivity contribution in [3.63, 3.8) is 0 Å². The Hall–Kier alpha value is -3.69. The van der Waals surface area contributed by atoms with Crippen LogP contribution in [-0.4, -0.2) is 30.6 Å². The molecule has 2 N–H and O–H groups in total. The lowest BCUT2D eigenvalue weighted by molar-refractivity contribution is -0.136. The molecule has 0 saturated carbocycles. The summed E-state index contributed by atoms with van der Waals surface area (Å²) in [5, 5.41) is 7.43. The summed E-state index contributed by atoms with van der Waals surface area (Å²) in [5.74, 6) is -1.67. The number of ether oxygens (including phenoxy) is 2. The number of carbonyl (C=O) groups excluding carboxylic acids is 3. The maximum Gasteiger partial charge on any atom is 0.341 e. The number of hydrogen-bond donors (Lipinski definition) is 2. The fourth-order valence-electron chi connectivity index (χ4n) is 3.85. The van der Waals surface area contributed by atoms with Gasteiger partial charge in [0.25, 0.3) is 0 Å². The molecule has 0 fully saturated rings. The van der Waals surface area contributed by atoms with E-state index in [1.165, 1.54) is 17.6 Å². The van der Waals surface area contributed by atoms with E-state index in [-0.39, 0.29) is 6.61 Å². The monoisotopic (exact) mass is 539 g/mol. The standard InChI is InChI=1S/C27H26ClN3O5S/c1-2-35-27(34)23-21-5-3-4-6-22(21)37-26(23)30-24(32)25(33)31-29-15-17-9-13-20(14-10-17)36-16-18-7-11-19(28)12-8-18/h7-15H,2-6,16H2,1H3,(H,30,32)(H,31,33)/b29-15-. The van der Waals surface area contributed by atoms with Crippen molar-refractivity contribution < 1.29 is 23.9 Å². The number of hydrogen-bond acceptors (Lipinski definition) is 7. The highest BCUT2D eigenvalue weighted by Crippen LogP contribution is 2.38. The summed E-state index contributed by atoms with van der Waals surface area (Å²) >= 11 is 7.21. The van der Waals surface area contributed by atoms with Crippen LogP contribution in [0.1, 0.15) is 51.7 Å². The third-order valence-corrected chi connectivity index (χ3v) is 7.12. The Morgan fingerprint density at radius 1 is 1.03 bits per heavy atom. The number of thiophene rings is 1. The molecule has 1 aliphatic carbocycles. The van der Waals surface area contributed by atoms with Gasteiger partial charge in [-0.25, -0.2) is 10.2 Å². The van der Waals surface area contributed by atoms with Gasteiger partial charge >= 0.3 is 17.8 Å². The molecule has 0 spiro atoms. The minimum absolute atomic E-state index is 0.224. The third kappa shape index (κ3) is 6.96. The Labute approximate surface area is 223 Å². The highest BCUT2D eigenvalue weighted by atomic mass is 35.5. The molecule has 0 bridgehead atoms. The first-order valence-electron chi connectivity index (χ1n) is 11.9. The molecule has 0 aliphatic heterocycles. The minimum atomic E-state index is -0.944. The summed E-state index contributed by atoms with van der Waals surface area (Å²) in [5.41, 5.74) is 5.17. The molecule has 1 heterocycles. The average molecular weight is 540 g/mol. The number of anilines is 1. The molecule has 1 aromatic heterocycles. The number of fused-ring (bicyclic) bond motifs is 1. The number of nitrogens with one attached hydrogen (secondary N) is 2. The van der Waals surface area contributed by atoms with Crippen molar-refractivity contribution in [1.82, 2.24) is 5.43 Å². The first kappa shape index (κ1) is 26.4. The maximum absolute atomic E-state index is 12.5. The number of aryl methyl sites for hydroxylation is 1. The number of halogens is 1. The fraction of sp³-hybridized carbons (Fsp3) is 0.259. The maximum atomic E-state index is 12.5. The molecule has 0 saturated heterocycles. The molecule has 37 heavy (non-hydrogen) atoms. The van der Waals surface area contributed by atoms with E-state index in [4.69, 9.17) is 21.1 Å². The molecule has 0 unspecified atom stereocenters. The van der Waals surface area contributed by atoms with Gasteiger partial charge in [0.05, 0.1) is 18.4 Å². The zero-order valence-electron chi connectivity index (χ0n) is 20.2. The summed E-state index contributed by atoms with van der Waals surface area (Å²) in [7, 11) is 0. The molecule has 1 aliphatic rings. The lowest BCUT2D eigenvalue weighted by atomic mass is 9.95. The van der Waals surface area contributed by atoms with Gasteiger partial charge in [0.1, 0.15) is 17.4 Å². The second-order valence-electron chi connectivity index (χ2n) is 8.27. The van der Waals surface area contributed by atoms with Gasteiger partial charge in [0.15, 0.2) is 0 Å². The lowest BCUT2D eigenvalue weighted by Crippen LogP contribution is -2.32. The van der Waals surface area contributed by atoms with Crippen molar-refractivity contribution in [2.75, 3.05) is 11.9 Å². The lowest BCUT2D eigenvalue weighted by Gasteiger charge is -2.12. The topological polar surface area (TPSA) is 106 Å². The summed E-state index contributed by atoms with van der Waals surface area (Å²) in [6.07, 6.45) is 4.99. The normalized spacial score (nSPS) is 12.6. The van der Waals surface area contributed by atoms with Crippen LogP contribution >= 0.6 is 22.9 Å². The second kappa shape index (κ2) is 12.5. The van der Waals surface area contributed by atoms with Gasteiger partial charge in [-0.3, -0.25) is 9.59 Å². The van der Waals surface area contributed by atoms with Crippen molar-refractivity contribution in [1.29, 1.82) is 0 Å². The van der Waals surface area contributed by atoms with E-state index >= 15 is 0 Å². The summed E-state index contributed by atoms with van der Waals surface area (Å²) in [4.78, 5) is 38.4. The minimum Gasteiger partial charge on any atom is -0.489 e. The molecule has 2 amide bonds. The zero-order chi connectivity index (χ0) is 26.2. The number of nitrogens with zero attached hydrogens (tertiary/aromatic N) is 1. The van der Waals surface area contributed by atoms with Crippen LogP contribution in [0.3, 0.4) is 0 Å². The van der Waals surface area contributed by atoms with E-state index in [2.05, 4.69) is 15.8 Å². The largest absolute Gasteiger partial charge is 0.489 e. The van der Waals surface area contributed by atoms with Crippen molar-refractivity contribution in [3.8, 4) is 5.75 Å².